The van der Waals surface area contributed by atoms with Gasteiger partial charge in [-0.2, -0.15) is 13.2 Å². The van der Waals surface area contributed by atoms with E-state index in [1.807, 2.05) is 0 Å². The van der Waals surface area contributed by atoms with Crippen molar-refractivity contribution in [2.45, 2.75) is 6.18 Å². The van der Waals surface area contributed by atoms with Crippen LogP contribution in [0.15, 0.2) is 30.6 Å². The highest BCUT2D eigenvalue weighted by molar-refractivity contribution is 6.08. The number of carbonyl (C=O) groups excluding carboxylic acids is 1. The number of alkyl halides is 3. The van der Waals surface area contributed by atoms with E-state index in [0.717, 1.165) is 18.2 Å². The van der Waals surface area contributed by atoms with Gasteiger partial charge in [-0.3, -0.25) is 4.79 Å². The zero-order valence-electron chi connectivity index (χ0n) is 17.4. The standard InChI is InChI=1S/C22H18F6N4O2/c23-15-2-11-18(3-16(15)24)29-5-19(11)31-21(33)10-1-17(25)20(30-4-10)32-6-12-13(7-32)14(12)8-34-9-22(26,27)28/h1-5,12-14,29H,6-9H2,(H,31,33). The summed E-state index contributed by atoms with van der Waals surface area (Å²) in [6.45, 7) is -0.381. The molecule has 1 aliphatic heterocycles. The third kappa shape index (κ3) is 4.29. The van der Waals surface area contributed by atoms with Crippen molar-refractivity contribution in [3.63, 3.8) is 0 Å². The average molecular weight is 484 g/mol. The minimum absolute atomic E-state index is 0.0150. The monoisotopic (exact) mass is 484 g/mol. The molecule has 2 unspecified atom stereocenters. The van der Waals surface area contributed by atoms with Crippen LogP contribution in [0.3, 0.4) is 0 Å². The van der Waals surface area contributed by atoms with Crippen LogP contribution < -0.4 is 10.2 Å². The molecule has 1 aliphatic carbocycles. The van der Waals surface area contributed by atoms with Crippen LogP contribution in [0.5, 0.6) is 0 Å². The van der Waals surface area contributed by atoms with Gasteiger partial charge in [-0.25, -0.2) is 18.2 Å². The molecule has 3 aromatic rings. The summed E-state index contributed by atoms with van der Waals surface area (Å²) in [7, 11) is 0. The van der Waals surface area contributed by atoms with Crippen molar-refractivity contribution in [1.29, 1.82) is 0 Å². The van der Waals surface area contributed by atoms with Gasteiger partial charge in [-0.05, 0) is 29.9 Å². The van der Waals surface area contributed by atoms with Gasteiger partial charge in [0, 0.05) is 36.9 Å². The summed E-state index contributed by atoms with van der Waals surface area (Å²) < 4.78 is 83.0. The fourth-order valence-electron chi connectivity index (χ4n) is 4.58. The molecule has 180 valence electrons. The third-order valence-corrected chi connectivity index (χ3v) is 6.30. The van der Waals surface area contributed by atoms with Crippen molar-refractivity contribution in [3.05, 3.63) is 53.6 Å². The number of H-pyrrole nitrogens is 1. The van der Waals surface area contributed by atoms with E-state index in [9.17, 15) is 31.1 Å². The number of carbonyl (C=O) groups is 1. The van der Waals surface area contributed by atoms with E-state index < -0.39 is 36.1 Å². The molecule has 34 heavy (non-hydrogen) atoms. The quantitative estimate of drug-likeness (QED) is 0.506. The van der Waals surface area contributed by atoms with Crippen LogP contribution in [0.1, 0.15) is 10.4 Å². The highest BCUT2D eigenvalue weighted by Crippen LogP contribution is 2.52. The highest BCUT2D eigenvalue weighted by Gasteiger charge is 2.56. The number of rotatable bonds is 6. The van der Waals surface area contributed by atoms with Gasteiger partial charge in [0.2, 0.25) is 0 Å². The summed E-state index contributed by atoms with van der Waals surface area (Å²) in [6, 6.07) is 2.93. The molecular weight excluding hydrogens is 466 g/mol. The molecule has 6 nitrogen and oxygen atoms in total. The molecule has 2 atom stereocenters. The molecule has 1 amide bonds. The first-order chi connectivity index (χ1) is 16.1. The highest BCUT2D eigenvalue weighted by atomic mass is 19.4. The number of aromatic amines is 1. The maximum Gasteiger partial charge on any atom is 0.411 e. The van der Waals surface area contributed by atoms with Crippen LogP contribution in [-0.4, -0.2) is 48.4 Å². The van der Waals surface area contributed by atoms with Gasteiger partial charge in [0.05, 0.1) is 23.4 Å². The number of amides is 1. The first kappa shape index (κ1) is 22.5. The number of nitrogens with one attached hydrogen (secondary N) is 2. The Kier molecular flexibility index (Phi) is 5.42. The Morgan fingerprint density at radius 3 is 2.50 bits per heavy atom. The molecular formula is C22H18F6N4O2. The lowest BCUT2D eigenvalue weighted by Gasteiger charge is -2.21. The van der Waals surface area contributed by atoms with E-state index in [1.165, 1.54) is 12.4 Å². The Bertz CT molecular complexity index is 1250. The van der Waals surface area contributed by atoms with Gasteiger partial charge in [0.1, 0.15) is 6.61 Å². The fourth-order valence-corrected chi connectivity index (χ4v) is 4.58. The smallest absolute Gasteiger partial charge is 0.372 e. The predicted molar refractivity (Wildman–Crippen MR) is 110 cm³/mol. The Labute approximate surface area is 188 Å². The van der Waals surface area contributed by atoms with E-state index in [1.54, 1.807) is 4.90 Å². The predicted octanol–water partition coefficient (Wildman–Crippen LogP) is 4.49. The van der Waals surface area contributed by atoms with Crippen LogP contribution in [0.4, 0.5) is 37.8 Å². The number of pyridine rings is 1. The number of benzene rings is 1. The Balaban J connectivity index is 1.21. The van der Waals surface area contributed by atoms with E-state index in [-0.39, 0.29) is 52.3 Å². The third-order valence-electron chi connectivity index (χ3n) is 6.30. The number of nitrogens with zero attached hydrogens (tertiary/aromatic N) is 2. The first-order valence-corrected chi connectivity index (χ1v) is 10.4. The molecule has 12 heteroatoms. The maximum absolute atomic E-state index is 14.7. The van der Waals surface area contributed by atoms with E-state index >= 15 is 0 Å². The second-order valence-corrected chi connectivity index (χ2v) is 8.52. The van der Waals surface area contributed by atoms with Crippen molar-refractivity contribution < 1.29 is 35.9 Å². The number of halogens is 6. The molecule has 0 radical (unpaired) electrons. The lowest BCUT2D eigenvalue weighted by molar-refractivity contribution is -0.175. The van der Waals surface area contributed by atoms with E-state index in [2.05, 4.69) is 15.3 Å². The molecule has 2 N–H and O–H groups in total. The fraction of sp³-hybridized carbons (Fsp3) is 0.364. The largest absolute Gasteiger partial charge is 0.411 e. The topological polar surface area (TPSA) is 70.2 Å². The summed E-state index contributed by atoms with van der Waals surface area (Å²) in [6.07, 6.45) is -1.79. The molecule has 5 rings (SSSR count). The second kappa shape index (κ2) is 8.19. The normalized spacial score (nSPS) is 21.7. The van der Waals surface area contributed by atoms with Gasteiger partial charge in [-0.1, -0.05) is 0 Å². The lowest BCUT2D eigenvalue weighted by atomic mass is 10.2. The van der Waals surface area contributed by atoms with Crippen LogP contribution in [0.2, 0.25) is 0 Å². The number of piperidine rings is 1. The molecule has 1 saturated heterocycles. The Hall–Kier alpha value is -3.28. The van der Waals surface area contributed by atoms with Gasteiger partial charge in [0.25, 0.3) is 5.91 Å². The first-order valence-electron chi connectivity index (χ1n) is 10.4. The minimum atomic E-state index is -4.36. The Morgan fingerprint density at radius 2 is 1.82 bits per heavy atom. The van der Waals surface area contributed by atoms with Gasteiger partial charge >= 0.3 is 6.18 Å². The van der Waals surface area contributed by atoms with Crippen LogP contribution >= 0.6 is 0 Å². The van der Waals surface area contributed by atoms with Crippen molar-refractivity contribution >= 4 is 28.3 Å². The zero-order chi connectivity index (χ0) is 24.2. The second-order valence-electron chi connectivity index (χ2n) is 8.52. The van der Waals surface area contributed by atoms with E-state index in [0.29, 0.717) is 13.1 Å². The molecule has 2 aliphatic rings. The van der Waals surface area contributed by atoms with Crippen molar-refractivity contribution in [1.82, 2.24) is 9.97 Å². The van der Waals surface area contributed by atoms with Crippen molar-refractivity contribution in [2.24, 2.45) is 17.8 Å². The molecule has 0 spiro atoms. The summed E-state index contributed by atoms with van der Waals surface area (Å²) in [5.74, 6) is -3.20. The van der Waals surface area contributed by atoms with Crippen LogP contribution in [0, 0.1) is 35.2 Å². The van der Waals surface area contributed by atoms with Crippen molar-refractivity contribution in [3.8, 4) is 0 Å². The molecule has 3 heterocycles. The lowest BCUT2D eigenvalue weighted by Crippen LogP contribution is -2.28. The van der Waals surface area contributed by atoms with E-state index in [4.69, 9.17) is 4.74 Å². The number of anilines is 2. The summed E-state index contributed by atoms with van der Waals surface area (Å²) >= 11 is 0. The summed E-state index contributed by atoms with van der Waals surface area (Å²) in [5, 5.41) is 2.77. The SMILES string of the molecule is O=C(Nc1c[nH]c2cc(F)c(F)cc12)c1cnc(N2CC3C(COCC(F)(F)F)C3C2)c(F)c1. The molecule has 1 saturated carbocycles. The van der Waals surface area contributed by atoms with Gasteiger partial charge in [-0.15, -0.1) is 0 Å². The number of hydrogen-bond acceptors (Lipinski definition) is 4. The van der Waals surface area contributed by atoms with Gasteiger partial charge < -0.3 is 19.9 Å². The average Bonchev–Trinajstić information content (AvgIpc) is 3.08. The minimum Gasteiger partial charge on any atom is -0.372 e. The Morgan fingerprint density at radius 1 is 1.12 bits per heavy atom. The number of aromatic nitrogens is 2. The van der Waals surface area contributed by atoms with Crippen LogP contribution in [0.25, 0.3) is 10.9 Å². The number of hydrogen-bond donors (Lipinski definition) is 2. The molecule has 1 aromatic carbocycles. The van der Waals surface area contributed by atoms with Crippen molar-refractivity contribution in [2.75, 3.05) is 36.5 Å². The molecule has 2 aromatic heterocycles. The summed E-state index contributed by atoms with van der Waals surface area (Å²) in [4.78, 5) is 21.0. The molecule has 2 fully saturated rings. The molecule has 0 bridgehead atoms. The maximum atomic E-state index is 14.7. The van der Waals surface area contributed by atoms with Gasteiger partial charge in [0.15, 0.2) is 23.3 Å². The van der Waals surface area contributed by atoms with Crippen LogP contribution in [-0.2, 0) is 4.74 Å². The zero-order valence-corrected chi connectivity index (χ0v) is 17.4. The number of ether oxygens (including phenoxy) is 1. The summed E-state index contributed by atoms with van der Waals surface area (Å²) in [5.41, 5.74) is 0.409. The number of fused-ring (bicyclic) bond motifs is 2.